The minimum atomic E-state index is -0.962. The van der Waals surface area contributed by atoms with Gasteiger partial charge in [0.25, 0.3) is 6.47 Å². The number of hydrogen-bond donors (Lipinski definition) is 1. The maximum Gasteiger partial charge on any atom is 0.312 e. The van der Waals surface area contributed by atoms with Crippen LogP contribution in [0.3, 0.4) is 0 Å². The molecule has 45 heavy (non-hydrogen) atoms. The fraction of sp³-hybridized carbons (Fsp3) is 0.484. The van der Waals surface area contributed by atoms with Gasteiger partial charge in [-0.05, 0) is 44.4 Å². The van der Waals surface area contributed by atoms with Gasteiger partial charge in [0.05, 0.1) is 32.5 Å². The van der Waals surface area contributed by atoms with Crippen molar-refractivity contribution in [1.82, 2.24) is 19.5 Å². The molecular formula is C31H40FN5O8. The Kier molecular flexibility index (Phi) is 12.0. The van der Waals surface area contributed by atoms with Crippen molar-refractivity contribution in [2.75, 3.05) is 32.7 Å². The van der Waals surface area contributed by atoms with E-state index in [0.717, 1.165) is 16.7 Å². The molecule has 3 rings (SSSR count). The van der Waals surface area contributed by atoms with Crippen molar-refractivity contribution in [2.45, 2.75) is 72.4 Å². The van der Waals surface area contributed by atoms with Crippen LogP contribution in [0.15, 0.2) is 30.0 Å². The van der Waals surface area contributed by atoms with E-state index in [4.69, 9.17) is 23.7 Å². The van der Waals surface area contributed by atoms with E-state index in [9.17, 15) is 18.8 Å². The second-order valence-electron chi connectivity index (χ2n) is 11.1. The van der Waals surface area contributed by atoms with Crippen molar-refractivity contribution >= 4 is 35.4 Å². The fourth-order valence-electron chi connectivity index (χ4n) is 5.12. The molecule has 2 heterocycles. The van der Waals surface area contributed by atoms with E-state index in [1.54, 1.807) is 17.6 Å². The lowest BCUT2D eigenvalue weighted by molar-refractivity contribution is -0.148. The van der Waals surface area contributed by atoms with Crippen molar-refractivity contribution in [1.29, 1.82) is 0 Å². The van der Waals surface area contributed by atoms with Gasteiger partial charge in [0.1, 0.15) is 18.1 Å². The van der Waals surface area contributed by atoms with Crippen LogP contribution in [0, 0.1) is 19.9 Å². The second kappa shape index (κ2) is 15.4. The summed E-state index contributed by atoms with van der Waals surface area (Å²) < 4.78 is 42.7. The zero-order valence-corrected chi connectivity index (χ0v) is 26.9. The Labute approximate surface area is 261 Å². The number of aromatic nitrogens is 4. The van der Waals surface area contributed by atoms with Crippen LogP contribution in [0.2, 0.25) is 0 Å². The molecular weight excluding hydrogens is 589 g/mol. The summed E-state index contributed by atoms with van der Waals surface area (Å²) in [7, 11) is 2.92. The highest BCUT2D eigenvalue weighted by Crippen LogP contribution is 2.38. The Bertz CT molecular complexity index is 1570. The Morgan fingerprint density at radius 1 is 1.16 bits per heavy atom. The van der Waals surface area contributed by atoms with Gasteiger partial charge >= 0.3 is 18.0 Å². The number of methoxy groups -OCH3 is 2. The number of anilines is 1. The van der Waals surface area contributed by atoms with E-state index in [-0.39, 0.29) is 43.3 Å². The van der Waals surface area contributed by atoms with Crippen molar-refractivity contribution in [3.63, 3.8) is 0 Å². The summed E-state index contributed by atoms with van der Waals surface area (Å²) in [5.41, 5.74) is 2.49. The van der Waals surface area contributed by atoms with E-state index in [1.165, 1.54) is 27.5 Å². The highest BCUT2D eigenvalue weighted by Gasteiger charge is 2.31. The van der Waals surface area contributed by atoms with E-state index < -0.39 is 29.5 Å². The molecule has 1 N–H and O–H groups in total. The Hall–Kier alpha value is -4.59. The van der Waals surface area contributed by atoms with Crippen LogP contribution in [-0.2, 0) is 45.3 Å². The lowest BCUT2D eigenvalue weighted by Crippen LogP contribution is -2.28. The number of carbonyl (C=O) groups excluding carboxylic acids is 3. The molecule has 2 aromatic heterocycles. The summed E-state index contributed by atoms with van der Waals surface area (Å²) in [6.07, 6.45) is 0.520. The summed E-state index contributed by atoms with van der Waals surface area (Å²) in [4.78, 5) is 47.4. The second-order valence-corrected chi connectivity index (χ2v) is 11.1. The third-order valence-electron chi connectivity index (χ3n) is 7.13. The number of halogens is 1. The maximum atomic E-state index is 14.4. The molecule has 0 amide bonds. The minimum absolute atomic E-state index is 0.00772. The molecule has 1 aromatic carbocycles. The van der Waals surface area contributed by atoms with Crippen LogP contribution in [0.25, 0.3) is 11.2 Å². The SMILES string of the molecule is CO/C(CNc1nc(F)nc2c1ncn2CCC(COC(=O)CC(C)(C)c1c(C)cc(C)cc1OC(C)=O)OC)=C(/C)OC=O. The molecule has 0 spiro atoms. The molecule has 0 aliphatic heterocycles. The topological polar surface area (TPSA) is 153 Å². The number of ether oxygens (including phenoxy) is 5. The van der Waals surface area contributed by atoms with Crippen molar-refractivity contribution < 1.29 is 42.5 Å². The van der Waals surface area contributed by atoms with Gasteiger partial charge in [-0.25, -0.2) is 4.98 Å². The standard InChI is InChI=1S/C31H40FN5O8/c1-18-11-19(2)26(23(12-18)45-21(4)39)31(5,6)13-25(40)43-15-22(41-7)9-10-37-16-34-27-28(35-30(32)36-29(27)37)33-14-24(42-8)20(3)44-17-38/h11-12,16-17,22H,9-10,13-15H2,1-8H3,(H,33,35,36)/b24-20-. The first-order valence-electron chi connectivity index (χ1n) is 14.2. The first-order valence-corrected chi connectivity index (χ1v) is 14.2. The zero-order chi connectivity index (χ0) is 33.3. The van der Waals surface area contributed by atoms with Gasteiger partial charge in [-0.2, -0.15) is 14.4 Å². The van der Waals surface area contributed by atoms with Gasteiger partial charge in [-0.3, -0.25) is 14.4 Å². The average Bonchev–Trinajstić information content (AvgIpc) is 3.35. The highest BCUT2D eigenvalue weighted by molar-refractivity contribution is 5.82. The van der Waals surface area contributed by atoms with E-state index in [2.05, 4.69) is 20.3 Å². The number of fused-ring (bicyclic) bond motifs is 1. The Balaban J connectivity index is 1.65. The molecule has 0 bridgehead atoms. The quantitative estimate of drug-likeness (QED) is 0.0791. The molecule has 1 unspecified atom stereocenters. The number of imidazole rings is 1. The largest absolute Gasteiger partial charge is 0.496 e. The Morgan fingerprint density at radius 2 is 1.89 bits per heavy atom. The van der Waals surface area contributed by atoms with E-state index >= 15 is 0 Å². The monoisotopic (exact) mass is 629 g/mol. The smallest absolute Gasteiger partial charge is 0.312 e. The fourth-order valence-corrected chi connectivity index (χ4v) is 5.12. The number of hydrogen-bond acceptors (Lipinski definition) is 12. The van der Waals surface area contributed by atoms with Gasteiger partial charge in [-0.1, -0.05) is 19.9 Å². The zero-order valence-electron chi connectivity index (χ0n) is 26.9. The first kappa shape index (κ1) is 34.9. The van der Waals surface area contributed by atoms with Crippen molar-refractivity contribution in [3.05, 3.63) is 52.7 Å². The number of aryl methyl sites for hydroxylation is 3. The summed E-state index contributed by atoms with van der Waals surface area (Å²) in [5, 5.41) is 2.94. The van der Waals surface area contributed by atoms with Gasteiger partial charge in [0.2, 0.25) is 0 Å². The number of rotatable bonds is 16. The average molecular weight is 630 g/mol. The van der Waals surface area contributed by atoms with Crippen molar-refractivity contribution in [3.8, 4) is 5.75 Å². The van der Waals surface area contributed by atoms with Crippen LogP contribution >= 0.6 is 0 Å². The van der Waals surface area contributed by atoms with Gasteiger partial charge in [0.15, 0.2) is 22.7 Å². The molecule has 3 aromatic rings. The predicted octanol–water partition coefficient (Wildman–Crippen LogP) is 4.29. The Morgan fingerprint density at radius 3 is 2.53 bits per heavy atom. The van der Waals surface area contributed by atoms with Crippen LogP contribution < -0.4 is 10.1 Å². The summed E-state index contributed by atoms with van der Waals surface area (Å²) in [6, 6.07) is 3.76. The molecule has 0 saturated heterocycles. The number of benzene rings is 1. The number of nitrogens with zero attached hydrogens (tertiary/aromatic N) is 4. The number of allylic oxidation sites excluding steroid dienone is 1. The van der Waals surface area contributed by atoms with Crippen molar-refractivity contribution in [2.24, 2.45) is 0 Å². The molecule has 1 atom stereocenters. The van der Waals surface area contributed by atoms with Crippen LogP contribution in [0.1, 0.15) is 57.2 Å². The normalized spacial score (nSPS) is 12.7. The summed E-state index contributed by atoms with van der Waals surface area (Å²) in [6.45, 7) is 11.2. The third kappa shape index (κ3) is 9.20. The number of carbonyl (C=O) groups is 3. The molecule has 0 radical (unpaired) electrons. The first-order chi connectivity index (χ1) is 21.3. The van der Waals surface area contributed by atoms with E-state index in [0.29, 0.717) is 30.0 Å². The lowest BCUT2D eigenvalue weighted by atomic mass is 9.78. The van der Waals surface area contributed by atoms with Gasteiger partial charge < -0.3 is 33.6 Å². The van der Waals surface area contributed by atoms with Crippen LogP contribution in [0.5, 0.6) is 5.75 Å². The van der Waals surface area contributed by atoms with E-state index in [1.807, 2.05) is 33.8 Å². The molecule has 14 heteroatoms. The molecule has 13 nitrogen and oxygen atoms in total. The maximum absolute atomic E-state index is 14.4. The van der Waals surface area contributed by atoms with Gasteiger partial charge in [0, 0.05) is 31.6 Å². The summed E-state index contributed by atoms with van der Waals surface area (Å²) in [5.74, 6) is 0.231. The number of esters is 2. The molecule has 0 aliphatic carbocycles. The predicted molar refractivity (Wildman–Crippen MR) is 162 cm³/mol. The highest BCUT2D eigenvalue weighted by atomic mass is 19.1. The van der Waals surface area contributed by atoms with Gasteiger partial charge in [-0.15, -0.1) is 0 Å². The van der Waals surface area contributed by atoms with Crippen LogP contribution in [0.4, 0.5) is 10.2 Å². The molecule has 244 valence electrons. The molecule has 0 fully saturated rings. The van der Waals surface area contributed by atoms with Crippen LogP contribution in [-0.4, -0.2) is 71.4 Å². The number of nitrogens with one attached hydrogen (secondary N) is 1. The minimum Gasteiger partial charge on any atom is -0.496 e. The molecule has 0 aliphatic rings. The lowest BCUT2D eigenvalue weighted by Gasteiger charge is -2.29. The molecule has 0 saturated carbocycles. The third-order valence-corrected chi connectivity index (χ3v) is 7.13. The summed E-state index contributed by atoms with van der Waals surface area (Å²) >= 11 is 0.